The molecule has 1 aliphatic heterocycles. The van der Waals surface area contributed by atoms with E-state index < -0.39 is 6.10 Å². The summed E-state index contributed by atoms with van der Waals surface area (Å²) >= 11 is 0. The minimum atomic E-state index is -0.758. The molecule has 1 heterocycles. The van der Waals surface area contributed by atoms with Crippen LogP contribution in [0.2, 0.25) is 0 Å². The summed E-state index contributed by atoms with van der Waals surface area (Å²) in [4.78, 5) is 26.9. The Morgan fingerprint density at radius 3 is 1.47 bits per heavy atom. The molecule has 1 aliphatic rings. The molecule has 2 amide bonds. The summed E-state index contributed by atoms with van der Waals surface area (Å²) in [6.45, 7) is 4.79. The van der Waals surface area contributed by atoms with Crippen molar-refractivity contribution in [3.8, 4) is 0 Å². The maximum Gasteiger partial charge on any atom is 0.407 e. The van der Waals surface area contributed by atoms with Gasteiger partial charge in [-0.05, 0) is 22.3 Å². The van der Waals surface area contributed by atoms with E-state index in [1.807, 2.05) is 72.8 Å². The van der Waals surface area contributed by atoms with Crippen molar-refractivity contribution in [2.75, 3.05) is 19.6 Å². The van der Waals surface area contributed by atoms with Crippen molar-refractivity contribution >= 4 is 39.0 Å². The number of cyclic esters (lactones) is 1. The standard InChI is InChI=1S/C18H23N3O2.C18H20N2O2.2H2S/c19-20-18(23)11-17(22)14-21(12-15-7-3-1-4-8-15)13-16-9-5-2-6-10-16;21-18-19-11-17(22-18)14-20(12-15-7-3-1-4-8-15)13-16-9-5-2-6-10-16;;/h1-10,17,22H,11-14,19H2,(H,20,23);1-10,17H,11-14H2,(H,19,21);2*1H2/t2*17-;;/m00../s1. The molecule has 0 aromatic heterocycles. The van der Waals surface area contributed by atoms with Gasteiger partial charge in [0, 0.05) is 39.3 Å². The monoisotopic (exact) mass is 677 g/mol. The van der Waals surface area contributed by atoms with E-state index in [1.165, 1.54) is 22.3 Å². The highest BCUT2D eigenvalue weighted by molar-refractivity contribution is 7.59. The molecular formula is C36H47N5O4S2. The van der Waals surface area contributed by atoms with Crippen molar-refractivity contribution < 1.29 is 19.4 Å². The first kappa shape index (κ1) is 39.3. The van der Waals surface area contributed by atoms with Gasteiger partial charge in [-0.3, -0.25) is 20.0 Å². The van der Waals surface area contributed by atoms with Crippen LogP contribution in [0.15, 0.2) is 121 Å². The van der Waals surface area contributed by atoms with Gasteiger partial charge in [0.2, 0.25) is 5.91 Å². The van der Waals surface area contributed by atoms with Crippen LogP contribution in [0.5, 0.6) is 0 Å². The summed E-state index contributed by atoms with van der Waals surface area (Å²) in [5.74, 6) is 4.71. The van der Waals surface area contributed by atoms with Crippen molar-refractivity contribution in [1.29, 1.82) is 0 Å². The lowest BCUT2D eigenvalue weighted by atomic mass is 10.1. The van der Waals surface area contributed by atoms with Crippen LogP contribution in [-0.2, 0) is 35.7 Å². The predicted octanol–water partition coefficient (Wildman–Crippen LogP) is 4.45. The smallest absolute Gasteiger partial charge is 0.407 e. The minimum Gasteiger partial charge on any atom is -0.443 e. The third-order valence-electron chi connectivity index (χ3n) is 7.26. The first-order valence-electron chi connectivity index (χ1n) is 15.2. The Bertz CT molecular complexity index is 1340. The van der Waals surface area contributed by atoms with Crippen molar-refractivity contribution in [2.45, 2.75) is 44.8 Å². The summed E-state index contributed by atoms with van der Waals surface area (Å²) in [6.07, 6.45) is -1.16. The van der Waals surface area contributed by atoms with E-state index in [4.69, 9.17) is 10.6 Å². The first-order chi connectivity index (χ1) is 22.0. The van der Waals surface area contributed by atoms with Gasteiger partial charge in [0.15, 0.2) is 0 Å². The number of aliphatic hydroxyl groups is 1. The molecule has 1 saturated heterocycles. The molecule has 2 atom stereocenters. The number of alkyl carbamates (subject to hydrolysis) is 1. The molecule has 1 fully saturated rings. The molecular weight excluding hydrogens is 631 g/mol. The van der Waals surface area contributed by atoms with E-state index in [2.05, 4.69) is 69.1 Å². The molecule has 9 nitrogen and oxygen atoms in total. The Balaban J connectivity index is 0.000000314. The molecule has 0 radical (unpaired) electrons. The fraction of sp³-hybridized carbons (Fsp3) is 0.278. The number of nitrogens with zero attached hydrogens (tertiary/aromatic N) is 2. The number of carbonyl (C=O) groups excluding carboxylic acids is 2. The maximum atomic E-state index is 11.3. The predicted molar refractivity (Wildman–Crippen MR) is 196 cm³/mol. The molecule has 252 valence electrons. The average Bonchev–Trinajstić information content (AvgIpc) is 3.47. The second-order valence-electron chi connectivity index (χ2n) is 11.1. The van der Waals surface area contributed by atoms with E-state index in [1.54, 1.807) is 0 Å². The highest BCUT2D eigenvalue weighted by atomic mass is 32.1. The molecule has 0 unspecified atom stereocenters. The number of nitrogens with one attached hydrogen (secondary N) is 2. The van der Waals surface area contributed by atoms with Crippen LogP contribution in [0.1, 0.15) is 28.7 Å². The van der Waals surface area contributed by atoms with Crippen LogP contribution in [0.3, 0.4) is 0 Å². The number of nitrogens with two attached hydrogens (primary N) is 1. The molecule has 0 saturated carbocycles. The largest absolute Gasteiger partial charge is 0.443 e. The Morgan fingerprint density at radius 1 is 0.745 bits per heavy atom. The van der Waals surface area contributed by atoms with Gasteiger partial charge < -0.3 is 15.2 Å². The van der Waals surface area contributed by atoms with Gasteiger partial charge in [0.1, 0.15) is 6.10 Å². The fourth-order valence-electron chi connectivity index (χ4n) is 5.19. The van der Waals surface area contributed by atoms with Crippen LogP contribution in [0.4, 0.5) is 4.79 Å². The number of hydrazine groups is 1. The lowest BCUT2D eigenvalue weighted by Crippen LogP contribution is -2.37. The molecule has 11 heteroatoms. The number of hydrogen-bond acceptors (Lipinski definition) is 7. The third kappa shape index (κ3) is 15.1. The lowest BCUT2D eigenvalue weighted by Gasteiger charge is -2.25. The number of hydrogen-bond donors (Lipinski definition) is 4. The Kier molecular flexibility index (Phi) is 18.3. The maximum absolute atomic E-state index is 11.3. The molecule has 47 heavy (non-hydrogen) atoms. The second-order valence-corrected chi connectivity index (χ2v) is 11.1. The number of amides is 2. The molecule has 0 bridgehead atoms. The van der Waals surface area contributed by atoms with Crippen molar-refractivity contribution in [3.63, 3.8) is 0 Å². The van der Waals surface area contributed by atoms with E-state index in [0.717, 1.165) is 19.6 Å². The fourth-order valence-corrected chi connectivity index (χ4v) is 5.19. The SMILES string of the molecule is NNC(=O)C[C@H](O)CN(Cc1ccccc1)Cc1ccccc1.O=C1NC[C@@H](CN(Cc2ccccc2)Cc2ccccc2)O1.S.S. The Labute approximate surface area is 292 Å². The van der Waals surface area contributed by atoms with Crippen LogP contribution in [-0.4, -0.2) is 58.7 Å². The Hall–Kier alpha value is -3.84. The molecule has 5 rings (SSSR count). The summed E-state index contributed by atoms with van der Waals surface area (Å²) in [5, 5.41) is 12.8. The zero-order chi connectivity index (χ0) is 31.7. The number of aliphatic hydroxyl groups excluding tert-OH is 1. The molecule has 4 aromatic rings. The van der Waals surface area contributed by atoms with Gasteiger partial charge in [0.25, 0.3) is 0 Å². The van der Waals surface area contributed by atoms with Gasteiger partial charge >= 0.3 is 6.09 Å². The second kappa shape index (κ2) is 21.9. The van der Waals surface area contributed by atoms with E-state index in [9.17, 15) is 14.7 Å². The molecule has 4 aromatic carbocycles. The minimum absolute atomic E-state index is 0. The zero-order valence-corrected chi connectivity index (χ0v) is 28.5. The van der Waals surface area contributed by atoms with Gasteiger partial charge in [-0.1, -0.05) is 121 Å². The molecule has 0 aliphatic carbocycles. The van der Waals surface area contributed by atoms with Gasteiger partial charge in [-0.25, -0.2) is 10.6 Å². The lowest BCUT2D eigenvalue weighted by molar-refractivity contribution is -0.123. The zero-order valence-electron chi connectivity index (χ0n) is 26.5. The number of rotatable bonds is 14. The van der Waals surface area contributed by atoms with Crippen molar-refractivity contribution in [2.24, 2.45) is 5.84 Å². The van der Waals surface area contributed by atoms with E-state index >= 15 is 0 Å². The first-order valence-corrected chi connectivity index (χ1v) is 15.2. The number of ether oxygens (including phenoxy) is 1. The van der Waals surface area contributed by atoms with Gasteiger partial charge in [-0.2, -0.15) is 27.0 Å². The van der Waals surface area contributed by atoms with Crippen LogP contribution >= 0.6 is 27.0 Å². The van der Waals surface area contributed by atoms with Gasteiger partial charge in [0.05, 0.1) is 19.1 Å². The van der Waals surface area contributed by atoms with Crippen molar-refractivity contribution in [1.82, 2.24) is 20.5 Å². The summed E-state index contributed by atoms with van der Waals surface area (Å²) in [7, 11) is 0. The quantitative estimate of drug-likeness (QED) is 0.0885. The van der Waals surface area contributed by atoms with Crippen LogP contribution in [0.25, 0.3) is 0 Å². The normalized spacial score (nSPS) is 14.0. The van der Waals surface area contributed by atoms with Crippen LogP contribution < -0.4 is 16.6 Å². The molecule has 5 N–H and O–H groups in total. The van der Waals surface area contributed by atoms with E-state index in [-0.39, 0.29) is 51.5 Å². The Morgan fingerprint density at radius 2 is 1.13 bits per heavy atom. The average molecular weight is 678 g/mol. The summed E-state index contributed by atoms with van der Waals surface area (Å²) in [5.41, 5.74) is 6.90. The van der Waals surface area contributed by atoms with Crippen LogP contribution in [0, 0.1) is 0 Å². The summed E-state index contributed by atoms with van der Waals surface area (Å²) in [6, 6.07) is 40.9. The van der Waals surface area contributed by atoms with Gasteiger partial charge in [-0.15, -0.1) is 0 Å². The summed E-state index contributed by atoms with van der Waals surface area (Å²) < 4.78 is 5.28. The topological polar surface area (TPSA) is 120 Å². The molecule has 0 spiro atoms. The number of carbonyl (C=O) groups is 2. The highest BCUT2D eigenvalue weighted by Gasteiger charge is 2.25. The van der Waals surface area contributed by atoms with Crippen molar-refractivity contribution in [3.05, 3.63) is 144 Å². The van der Waals surface area contributed by atoms with E-state index in [0.29, 0.717) is 26.2 Å². The highest BCUT2D eigenvalue weighted by Crippen LogP contribution is 2.14. The third-order valence-corrected chi connectivity index (χ3v) is 7.26. The number of benzene rings is 4.